The van der Waals surface area contributed by atoms with Crippen LogP contribution in [0.1, 0.15) is 12.5 Å². The maximum Gasteiger partial charge on any atom is 0.242 e. The third kappa shape index (κ3) is 6.78. The topological polar surface area (TPSA) is 74.8 Å². The first-order valence-electron chi connectivity index (χ1n) is 7.22. The smallest absolute Gasteiger partial charge is 0.242 e. The van der Waals surface area contributed by atoms with Gasteiger partial charge in [0.1, 0.15) is 12.3 Å². The van der Waals surface area contributed by atoms with Gasteiger partial charge in [0.05, 0.1) is 7.11 Å². The minimum atomic E-state index is -0.133. The lowest BCUT2D eigenvalue weighted by Gasteiger charge is -2.09. The van der Waals surface area contributed by atoms with E-state index in [0.29, 0.717) is 19.0 Å². The number of nitrogens with zero attached hydrogens (tertiary/aromatic N) is 1. The van der Waals surface area contributed by atoms with Gasteiger partial charge in [0.15, 0.2) is 5.96 Å². The molecule has 0 saturated carbocycles. The van der Waals surface area contributed by atoms with Gasteiger partial charge in [-0.3, -0.25) is 4.79 Å². The van der Waals surface area contributed by atoms with E-state index in [9.17, 15) is 4.79 Å². The second-order valence-corrected chi connectivity index (χ2v) is 4.49. The molecule has 1 rings (SSSR count). The Morgan fingerprint density at radius 1 is 1.27 bits per heavy atom. The fraction of sp³-hybridized carbons (Fsp3) is 0.375. The molecule has 0 aliphatic carbocycles. The molecular formula is C16H24N4O2. The van der Waals surface area contributed by atoms with E-state index in [4.69, 9.17) is 4.74 Å². The standard InChI is InChI=1S/C16H24N4O2/c1-4-10-18-16(17-5-2)20-12-15(21)19-11-13-6-8-14(22-3)9-7-13/h4,6-9H,1,5,10-12H2,2-3H3,(H,19,21)(H2,17,18,20). The van der Waals surface area contributed by atoms with Crippen LogP contribution >= 0.6 is 0 Å². The van der Waals surface area contributed by atoms with E-state index in [2.05, 4.69) is 27.5 Å². The van der Waals surface area contributed by atoms with Gasteiger partial charge in [-0.1, -0.05) is 18.2 Å². The highest BCUT2D eigenvalue weighted by molar-refractivity contribution is 5.84. The Hall–Kier alpha value is -2.50. The van der Waals surface area contributed by atoms with Crippen LogP contribution in [0.4, 0.5) is 0 Å². The summed E-state index contributed by atoms with van der Waals surface area (Å²) < 4.78 is 5.09. The fourth-order valence-corrected chi connectivity index (χ4v) is 1.66. The molecule has 120 valence electrons. The van der Waals surface area contributed by atoms with Gasteiger partial charge in [-0.2, -0.15) is 0 Å². The molecule has 0 fully saturated rings. The van der Waals surface area contributed by atoms with Crippen molar-refractivity contribution in [3.63, 3.8) is 0 Å². The molecule has 0 saturated heterocycles. The van der Waals surface area contributed by atoms with E-state index in [-0.39, 0.29) is 12.5 Å². The van der Waals surface area contributed by atoms with Gasteiger partial charge in [-0.15, -0.1) is 6.58 Å². The van der Waals surface area contributed by atoms with Gasteiger partial charge in [0.2, 0.25) is 5.91 Å². The quantitative estimate of drug-likeness (QED) is 0.381. The molecule has 1 aromatic rings. The average molecular weight is 304 g/mol. The summed E-state index contributed by atoms with van der Waals surface area (Å²) in [5.74, 6) is 1.26. The monoisotopic (exact) mass is 304 g/mol. The lowest BCUT2D eigenvalue weighted by atomic mass is 10.2. The van der Waals surface area contributed by atoms with Crippen LogP contribution < -0.4 is 20.7 Å². The van der Waals surface area contributed by atoms with Crippen LogP contribution in [-0.2, 0) is 11.3 Å². The van der Waals surface area contributed by atoms with Crippen LogP contribution in [0, 0.1) is 0 Å². The molecule has 0 radical (unpaired) electrons. The van der Waals surface area contributed by atoms with E-state index in [1.165, 1.54) is 0 Å². The summed E-state index contributed by atoms with van der Waals surface area (Å²) in [7, 11) is 1.62. The normalized spacial score (nSPS) is 10.7. The maximum atomic E-state index is 11.8. The van der Waals surface area contributed by atoms with Crippen molar-refractivity contribution in [2.45, 2.75) is 13.5 Å². The Bertz CT molecular complexity index is 497. The van der Waals surface area contributed by atoms with Crippen molar-refractivity contribution in [1.29, 1.82) is 0 Å². The lowest BCUT2D eigenvalue weighted by molar-refractivity contribution is -0.119. The average Bonchev–Trinajstić information content (AvgIpc) is 2.56. The molecule has 6 heteroatoms. The van der Waals surface area contributed by atoms with Gasteiger partial charge in [0, 0.05) is 19.6 Å². The first kappa shape index (κ1) is 17.6. The molecule has 3 N–H and O–H groups in total. The molecule has 0 bridgehead atoms. The van der Waals surface area contributed by atoms with Crippen molar-refractivity contribution >= 4 is 11.9 Å². The van der Waals surface area contributed by atoms with E-state index >= 15 is 0 Å². The maximum absolute atomic E-state index is 11.8. The molecule has 0 aliphatic rings. The number of hydrogen-bond acceptors (Lipinski definition) is 3. The summed E-state index contributed by atoms with van der Waals surface area (Å²) in [6, 6.07) is 7.56. The number of methoxy groups -OCH3 is 1. The number of nitrogens with one attached hydrogen (secondary N) is 3. The summed E-state index contributed by atoms with van der Waals surface area (Å²) in [4.78, 5) is 16.0. The van der Waals surface area contributed by atoms with Crippen molar-refractivity contribution in [1.82, 2.24) is 16.0 Å². The second-order valence-electron chi connectivity index (χ2n) is 4.49. The van der Waals surface area contributed by atoms with Gasteiger partial charge < -0.3 is 20.7 Å². The van der Waals surface area contributed by atoms with Crippen LogP contribution in [0.15, 0.2) is 41.9 Å². The second kappa shape index (κ2) is 10.3. The van der Waals surface area contributed by atoms with Crippen LogP contribution in [0.3, 0.4) is 0 Å². The van der Waals surface area contributed by atoms with Crippen molar-refractivity contribution in [2.24, 2.45) is 4.99 Å². The highest BCUT2D eigenvalue weighted by Crippen LogP contribution is 2.10. The molecule has 1 aromatic carbocycles. The van der Waals surface area contributed by atoms with Gasteiger partial charge in [0.25, 0.3) is 0 Å². The van der Waals surface area contributed by atoms with Gasteiger partial charge >= 0.3 is 0 Å². The molecular weight excluding hydrogens is 280 g/mol. The van der Waals surface area contributed by atoms with Crippen LogP contribution in [-0.4, -0.2) is 38.6 Å². The van der Waals surface area contributed by atoms with Crippen molar-refractivity contribution in [3.8, 4) is 5.75 Å². The number of hydrogen-bond donors (Lipinski definition) is 3. The number of ether oxygens (including phenoxy) is 1. The molecule has 6 nitrogen and oxygen atoms in total. The summed E-state index contributed by atoms with van der Waals surface area (Å²) in [5, 5.41) is 8.92. The van der Waals surface area contributed by atoms with Crippen molar-refractivity contribution < 1.29 is 9.53 Å². The lowest BCUT2D eigenvalue weighted by Crippen LogP contribution is -2.38. The number of amides is 1. The molecule has 1 amide bonds. The number of rotatable bonds is 8. The van der Waals surface area contributed by atoms with Crippen LogP contribution in [0.2, 0.25) is 0 Å². The first-order chi connectivity index (χ1) is 10.7. The molecule has 0 spiro atoms. The third-order valence-electron chi connectivity index (χ3n) is 2.79. The molecule has 0 aromatic heterocycles. The number of carbonyl (C=O) groups excluding carboxylic acids is 1. The predicted molar refractivity (Wildman–Crippen MR) is 89.0 cm³/mol. The predicted octanol–water partition coefficient (Wildman–Crippen LogP) is 1.05. The molecule has 0 heterocycles. The minimum Gasteiger partial charge on any atom is -0.497 e. The Labute approximate surface area is 131 Å². The third-order valence-corrected chi connectivity index (χ3v) is 2.79. The highest BCUT2D eigenvalue weighted by atomic mass is 16.5. The Morgan fingerprint density at radius 2 is 2.00 bits per heavy atom. The fourth-order valence-electron chi connectivity index (χ4n) is 1.66. The summed E-state index contributed by atoms with van der Waals surface area (Å²) in [6.07, 6.45) is 1.73. The number of benzene rings is 1. The number of carbonyl (C=O) groups is 1. The van der Waals surface area contributed by atoms with Crippen molar-refractivity contribution in [2.75, 3.05) is 26.7 Å². The summed E-state index contributed by atoms with van der Waals surface area (Å²) in [5.41, 5.74) is 1.01. The largest absolute Gasteiger partial charge is 0.497 e. The van der Waals surface area contributed by atoms with E-state index in [0.717, 1.165) is 17.9 Å². The number of aliphatic imine (C=N–C) groups is 1. The summed E-state index contributed by atoms with van der Waals surface area (Å²) >= 11 is 0. The zero-order valence-corrected chi connectivity index (χ0v) is 13.2. The molecule has 0 atom stereocenters. The van der Waals surface area contributed by atoms with E-state index in [1.54, 1.807) is 13.2 Å². The Balaban J connectivity index is 2.41. The van der Waals surface area contributed by atoms with E-state index < -0.39 is 0 Å². The highest BCUT2D eigenvalue weighted by Gasteiger charge is 2.02. The Morgan fingerprint density at radius 3 is 2.59 bits per heavy atom. The van der Waals surface area contributed by atoms with Crippen LogP contribution in [0.25, 0.3) is 0 Å². The minimum absolute atomic E-state index is 0.0721. The number of guanidine groups is 1. The molecule has 0 unspecified atom stereocenters. The van der Waals surface area contributed by atoms with Crippen molar-refractivity contribution in [3.05, 3.63) is 42.5 Å². The summed E-state index contributed by atoms with van der Waals surface area (Å²) in [6.45, 7) is 7.47. The Kier molecular flexibility index (Phi) is 8.18. The SMILES string of the molecule is C=CCNC(=NCC(=O)NCc1ccc(OC)cc1)NCC. The zero-order valence-electron chi connectivity index (χ0n) is 13.2. The van der Waals surface area contributed by atoms with Crippen LogP contribution in [0.5, 0.6) is 5.75 Å². The van der Waals surface area contributed by atoms with Gasteiger partial charge in [-0.25, -0.2) is 4.99 Å². The van der Waals surface area contributed by atoms with Gasteiger partial charge in [-0.05, 0) is 24.6 Å². The first-order valence-corrected chi connectivity index (χ1v) is 7.22. The zero-order chi connectivity index (χ0) is 16.2. The molecule has 0 aliphatic heterocycles. The molecule has 22 heavy (non-hydrogen) atoms. The van der Waals surface area contributed by atoms with E-state index in [1.807, 2.05) is 31.2 Å².